The second-order valence-electron chi connectivity index (χ2n) is 11.3. The summed E-state index contributed by atoms with van der Waals surface area (Å²) in [5.41, 5.74) is 3.38. The Morgan fingerprint density at radius 3 is 2.46 bits per heavy atom. The molecule has 1 aliphatic heterocycles. The largest absolute Gasteiger partial charge is 0.497 e. The van der Waals surface area contributed by atoms with E-state index in [1.54, 1.807) is 7.11 Å². The van der Waals surface area contributed by atoms with Crippen LogP contribution in [-0.4, -0.2) is 42.2 Å². The Bertz CT molecular complexity index is 1850. The molecule has 3 atom stereocenters. The zero-order valence-electron chi connectivity index (χ0n) is 22.0. The molecular weight excluding hydrogens is 484 g/mol. The highest BCUT2D eigenvalue weighted by Crippen LogP contribution is 2.67. The third-order valence-electron chi connectivity index (χ3n) is 9.87. The summed E-state index contributed by atoms with van der Waals surface area (Å²) < 4.78 is 5.45. The number of Topliss-reactive ketones (excluding diaryl/α,β-unsaturated/α-hetero) is 2. The van der Waals surface area contributed by atoms with Gasteiger partial charge in [0.15, 0.2) is 11.6 Å². The molecule has 0 amide bonds. The molecule has 0 saturated carbocycles. The van der Waals surface area contributed by atoms with Crippen LogP contribution in [0.5, 0.6) is 5.75 Å². The first-order valence-corrected chi connectivity index (χ1v) is 13.6. The molecule has 4 aromatic carbocycles. The molecule has 0 bridgehead atoms. The van der Waals surface area contributed by atoms with E-state index >= 15 is 4.79 Å². The number of ketones is 2. The number of rotatable bonds is 2. The van der Waals surface area contributed by atoms with Gasteiger partial charge in [-0.3, -0.25) is 14.5 Å². The smallest absolute Gasteiger partial charge is 0.189 e. The second-order valence-corrected chi connectivity index (χ2v) is 11.3. The van der Waals surface area contributed by atoms with E-state index in [1.807, 2.05) is 55.6 Å². The number of nitrogens with one attached hydrogen (secondary N) is 1. The number of carbonyl (C=O) groups excluding carboxylic acids is 2. The van der Waals surface area contributed by atoms with E-state index in [2.05, 4.69) is 46.3 Å². The molecule has 1 aromatic heterocycles. The van der Waals surface area contributed by atoms with Gasteiger partial charge in [-0.2, -0.15) is 0 Å². The van der Waals surface area contributed by atoms with Crippen molar-refractivity contribution < 1.29 is 14.3 Å². The number of fused-ring (bicyclic) bond motifs is 5. The summed E-state index contributed by atoms with van der Waals surface area (Å²) in [6, 6.07) is 28.3. The van der Waals surface area contributed by atoms with Gasteiger partial charge in [0.05, 0.1) is 18.2 Å². The Morgan fingerprint density at radius 1 is 0.897 bits per heavy atom. The Hall–Kier alpha value is -4.22. The Labute approximate surface area is 226 Å². The minimum atomic E-state index is -1.09. The Kier molecular flexibility index (Phi) is 4.47. The van der Waals surface area contributed by atoms with Crippen molar-refractivity contribution in [3.8, 4) is 5.75 Å². The van der Waals surface area contributed by atoms with Gasteiger partial charge in [0.25, 0.3) is 0 Å². The van der Waals surface area contributed by atoms with Crippen molar-refractivity contribution >= 4 is 33.2 Å². The molecule has 0 unspecified atom stereocenters. The standard InChI is InChI=1S/C34H28N2O3/c1-36-19-27(20-13-15-22(39-2)16-14-20)33(18-17-24-23-9-3-4-12-28(23)35-30(24)32(33)38)34(36)26-11-6-8-21-7-5-10-25(29(21)26)31(34)37/h3-16,27,35H,17-19H2,1-2H3/t27-,33+,34-/m0/s1. The second kappa shape index (κ2) is 7.67. The van der Waals surface area contributed by atoms with E-state index in [0.717, 1.165) is 56.1 Å². The maximum Gasteiger partial charge on any atom is 0.189 e. The summed E-state index contributed by atoms with van der Waals surface area (Å²) in [4.78, 5) is 35.7. The van der Waals surface area contributed by atoms with Gasteiger partial charge in [-0.05, 0) is 65.6 Å². The van der Waals surface area contributed by atoms with Crippen molar-refractivity contribution in [3.63, 3.8) is 0 Å². The molecule has 2 aliphatic carbocycles. The molecule has 3 aliphatic rings. The van der Waals surface area contributed by atoms with Crippen LogP contribution in [0.4, 0.5) is 0 Å². The Balaban J connectivity index is 1.45. The number of aromatic nitrogens is 1. The first-order chi connectivity index (χ1) is 19.0. The first-order valence-electron chi connectivity index (χ1n) is 13.6. The van der Waals surface area contributed by atoms with Crippen molar-refractivity contribution in [2.45, 2.75) is 24.3 Å². The van der Waals surface area contributed by atoms with Crippen molar-refractivity contribution in [3.05, 3.63) is 113 Å². The highest BCUT2D eigenvalue weighted by atomic mass is 16.5. The number of likely N-dealkylation sites (tertiary alicyclic amines) is 1. The number of likely N-dealkylation sites (N-methyl/N-ethyl adjacent to an activating group) is 1. The van der Waals surface area contributed by atoms with Crippen LogP contribution in [0, 0.1) is 5.41 Å². The summed E-state index contributed by atoms with van der Waals surface area (Å²) in [5, 5.41) is 3.13. The number of para-hydroxylation sites is 1. The molecule has 2 heterocycles. The third-order valence-corrected chi connectivity index (χ3v) is 9.87. The zero-order valence-corrected chi connectivity index (χ0v) is 22.0. The number of ether oxygens (including phenoxy) is 1. The maximum atomic E-state index is 15.2. The van der Waals surface area contributed by atoms with Crippen molar-refractivity contribution in [2.75, 3.05) is 20.7 Å². The summed E-state index contributed by atoms with van der Waals surface area (Å²) in [7, 11) is 3.69. The van der Waals surface area contributed by atoms with Gasteiger partial charge >= 0.3 is 0 Å². The molecule has 5 heteroatoms. The van der Waals surface area contributed by atoms with Crippen LogP contribution >= 0.6 is 0 Å². The monoisotopic (exact) mass is 512 g/mol. The van der Waals surface area contributed by atoms with E-state index in [1.165, 1.54) is 0 Å². The van der Waals surface area contributed by atoms with Gasteiger partial charge in [0.1, 0.15) is 11.3 Å². The van der Waals surface area contributed by atoms with E-state index in [0.29, 0.717) is 18.7 Å². The number of benzene rings is 4. The number of H-pyrrole nitrogens is 1. The molecular formula is C34H28N2O3. The molecule has 5 nitrogen and oxygen atoms in total. The molecule has 5 aromatic rings. The number of methoxy groups -OCH3 is 1. The molecule has 1 N–H and O–H groups in total. The normalized spacial score (nSPS) is 25.8. The van der Waals surface area contributed by atoms with Gasteiger partial charge in [0.2, 0.25) is 0 Å². The van der Waals surface area contributed by atoms with Crippen LogP contribution < -0.4 is 4.74 Å². The lowest BCUT2D eigenvalue weighted by atomic mass is 9.53. The van der Waals surface area contributed by atoms with E-state index in [9.17, 15) is 4.79 Å². The van der Waals surface area contributed by atoms with Crippen molar-refractivity contribution in [1.82, 2.24) is 9.88 Å². The van der Waals surface area contributed by atoms with E-state index < -0.39 is 11.0 Å². The summed E-state index contributed by atoms with van der Waals surface area (Å²) in [6.45, 7) is 0.601. The minimum Gasteiger partial charge on any atom is -0.497 e. The fourth-order valence-corrected chi connectivity index (χ4v) is 8.35. The van der Waals surface area contributed by atoms with Crippen LogP contribution in [0.2, 0.25) is 0 Å². The number of aromatic amines is 1. The minimum absolute atomic E-state index is 0.0423. The lowest BCUT2D eigenvalue weighted by Gasteiger charge is -2.48. The summed E-state index contributed by atoms with van der Waals surface area (Å²) in [6.07, 6.45) is 1.32. The highest BCUT2D eigenvalue weighted by molar-refractivity contribution is 6.24. The number of nitrogens with zero attached hydrogens (tertiary/aromatic N) is 1. The number of aryl methyl sites for hydroxylation is 1. The van der Waals surface area contributed by atoms with Gasteiger partial charge in [0, 0.05) is 28.9 Å². The Morgan fingerprint density at radius 2 is 1.67 bits per heavy atom. The summed E-state index contributed by atoms with van der Waals surface area (Å²) in [5.74, 6) is 0.689. The van der Waals surface area contributed by atoms with Crippen LogP contribution in [0.25, 0.3) is 21.7 Å². The van der Waals surface area contributed by atoms with Crippen LogP contribution in [0.15, 0.2) is 84.9 Å². The zero-order chi connectivity index (χ0) is 26.5. The molecule has 8 rings (SSSR count). The maximum absolute atomic E-state index is 15.2. The highest BCUT2D eigenvalue weighted by Gasteiger charge is 2.73. The molecule has 192 valence electrons. The predicted molar refractivity (Wildman–Crippen MR) is 152 cm³/mol. The quantitative estimate of drug-likeness (QED) is 0.303. The average Bonchev–Trinajstić information content (AvgIpc) is 3.57. The van der Waals surface area contributed by atoms with Gasteiger partial charge < -0.3 is 9.72 Å². The van der Waals surface area contributed by atoms with Crippen LogP contribution in [0.3, 0.4) is 0 Å². The lowest BCUT2D eigenvalue weighted by Crippen LogP contribution is -2.59. The molecule has 1 saturated heterocycles. The fourth-order valence-electron chi connectivity index (χ4n) is 8.35. The topological polar surface area (TPSA) is 62.4 Å². The van der Waals surface area contributed by atoms with Gasteiger partial charge in [-0.15, -0.1) is 0 Å². The number of hydrogen-bond acceptors (Lipinski definition) is 4. The average molecular weight is 513 g/mol. The first kappa shape index (κ1) is 22.7. The summed E-state index contributed by atoms with van der Waals surface area (Å²) >= 11 is 0. The molecule has 2 spiro atoms. The van der Waals surface area contributed by atoms with Gasteiger partial charge in [-0.1, -0.05) is 66.7 Å². The van der Waals surface area contributed by atoms with Crippen LogP contribution in [0.1, 0.15) is 49.9 Å². The SMILES string of the molecule is COc1ccc([C@@H]2CN(C)[C@@]3(C(=O)c4cccc5cccc3c45)[C@]23CCc2c([nH]c4ccccc24)C3=O)cc1. The van der Waals surface area contributed by atoms with E-state index in [-0.39, 0.29) is 17.5 Å². The van der Waals surface area contributed by atoms with Crippen molar-refractivity contribution in [1.29, 1.82) is 0 Å². The molecule has 0 radical (unpaired) electrons. The predicted octanol–water partition coefficient (Wildman–Crippen LogP) is 6.27. The number of carbonyl (C=O) groups is 2. The molecule has 39 heavy (non-hydrogen) atoms. The van der Waals surface area contributed by atoms with Crippen LogP contribution in [-0.2, 0) is 12.0 Å². The number of hydrogen-bond donors (Lipinski definition) is 1. The van der Waals surface area contributed by atoms with Crippen molar-refractivity contribution in [2.24, 2.45) is 5.41 Å². The lowest BCUT2D eigenvalue weighted by molar-refractivity contribution is 0.0262. The van der Waals surface area contributed by atoms with Gasteiger partial charge in [-0.25, -0.2) is 0 Å². The third kappa shape index (κ3) is 2.55. The van der Waals surface area contributed by atoms with E-state index in [4.69, 9.17) is 4.74 Å². The molecule has 1 fully saturated rings. The fraction of sp³-hybridized carbons (Fsp3) is 0.235.